The van der Waals surface area contributed by atoms with Crippen LogP contribution in [0.25, 0.3) is 0 Å². The maximum atomic E-state index is 14.8. The van der Waals surface area contributed by atoms with E-state index in [2.05, 4.69) is 9.97 Å². The molecule has 1 aromatic heterocycles. The summed E-state index contributed by atoms with van der Waals surface area (Å²) in [5.74, 6) is -4.23. The highest BCUT2D eigenvalue weighted by Gasteiger charge is 2.26. The number of hydrogen-bond donors (Lipinski definition) is 3. The second-order valence-corrected chi connectivity index (χ2v) is 7.36. The molecule has 35 heavy (non-hydrogen) atoms. The fourth-order valence-corrected chi connectivity index (χ4v) is 3.24. The Balaban J connectivity index is 0.00000456. The van der Waals surface area contributed by atoms with Crippen molar-refractivity contribution in [1.82, 2.24) is 20.3 Å². The van der Waals surface area contributed by atoms with Crippen LogP contribution in [0.5, 0.6) is 0 Å². The van der Waals surface area contributed by atoms with Gasteiger partial charge in [-0.1, -0.05) is 0 Å². The van der Waals surface area contributed by atoms with E-state index < -0.39 is 54.8 Å². The lowest BCUT2D eigenvalue weighted by Gasteiger charge is -2.25. The molecular formula is C20H24F4N6O5. The molecule has 1 atom stereocenters. The third kappa shape index (κ3) is 6.74. The number of rotatable bonds is 8. The van der Waals surface area contributed by atoms with Gasteiger partial charge < -0.3 is 15.3 Å². The minimum Gasteiger partial charge on any atom is -0.389 e. The first-order valence-corrected chi connectivity index (χ1v) is 10.3. The van der Waals surface area contributed by atoms with E-state index in [1.165, 1.54) is 23.5 Å². The molecule has 1 aliphatic heterocycles. The summed E-state index contributed by atoms with van der Waals surface area (Å²) in [4.78, 5) is 37.7. The van der Waals surface area contributed by atoms with Crippen LogP contribution in [-0.4, -0.2) is 89.0 Å². The summed E-state index contributed by atoms with van der Waals surface area (Å²) < 4.78 is 54.0. The van der Waals surface area contributed by atoms with Crippen molar-refractivity contribution in [1.29, 1.82) is 0 Å². The summed E-state index contributed by atoms with van der Waals surface area (Å²) in [6.45, 7) is -1.26. The minimum atomic E-state index is -3.27. The number of carbonyl (C=O) groups excluding carboxylic acids is 2. The molecule has 0 spiro atoms. The molecule has 0 bridgehead atoms. The number of aliphatic hydroxyl groups is 1. The first kappa shape index (κ1) is 26.1. The lowest BCUT2D eigenvalue weighted by molar-refractivity contribution is -0.132. The van der Waals surface area contributed by atoms with E-state index in [1.807, 2.05) is 0 Å². The van der Waals surface area contributed by atoms with Crippen molar-refractivity contribution < 1.29 is 43.7 Å². The second-order valence-electron chi connectivity index (χ2n) is 7.36. The Bertz CT molecular complexity index is 1020. The number of benzene rings is 1. The molecule has 15 heteroatoms. The van der Waals surface area contributed by atoms with Crippen molar-refractivity contribution in [2.75, 3.05) is 49.3 Å². The van der Waals surface area contributed by atoms with Gasteiger partial charge in [-0.15, -0.1) is 0 Å². The topological polar surface area (TPSA) is 131 Å². The molecule has 192 valence electrons. The quantitative estimate of drug-likeness (QED) is 0.353. The molecule has 0 unspecified atom stereocenters. The van der Waals surface area contributed by atoms with Crippen LogP contribution in [0.3, 0.4) is 0 Å². The van der Waals surface area contributed by atoms with Crippen LogP contribution in [0, 0.1) is 11.6 Å². The van der Waals surface area contributed by atoms with E-state index in [0.29, 0.717) is 5.06 Å². The van der Waals surface area contributed by atoms with Gasteiger partial charge in [-0.25, -0.2) is 18.8 Å². The van der Waals surface area contributed by atoms with Crippen LogP contribution in [-0.2, 0) is 9.63 Å². The van der Waals surface area contributed by atoms with Crippen LogP contribution in [0.4, 0.5) is 28.9 Å². The largest absolute Gasteiger partial charge is 0.389 e. The highest BCUT2D eigenvalue weighted by molar-refractivity contribution is 5.91. The zero-order chi connectivity index (χ0) is 25.5. The molecule has 2 amide bonds. The summed E-state index contributed by atoms with van der Waals surface area (Å²) in [6, 6.07) is 1.63. The average Bonchev–Trinajstić information content (AvgIpc) is 3.08. The number of carbonyl (C=O) groups is 2. The highest BCUT2D eigenvalue weighted by Crippen LogP contribution is 2.29. The Hall–Kier alpha value is -3.56. The molecule has 1 aromatic carbocycles. The summed E-state index contributed by atoms with van der Waals surface area (Å²) in [7, 11) is 0. The summed E-state index contributed by atoms with van der Waals surface area (Å²) in [5.41, 5.74) is -0.723. The predicted molar refractivity (Wildman–Crippen MR) is 114 cm³/mol. The lowest BCUT2D eigenvalue weighted by Crippen LogP contribution is -2.41. The van der Waals surface area contributed by atoms with Gasteiger partial charge >= 0.3 is 6.43 Å². The van der Waals surface area contributed by atoms with Gasteiger partial charge in [-0.2, -0.15) is 8.78 Å². The minimum absolute atomic E-state index is 0. The SMILES string of the molecule is O=C(NC[C@H](O)CN(O)c1cc(F)c(N2CCON(C(=O)c3cnccn3)CC2)c(F)c1)C(F)F.[HH]. The second kappa shape index (κ2) is 11.7. The number of alkyl halides is 2. The fourth-order valence-electron chi connectivity index (χ4n) is 3.24. The molecule has 0 saturated carbocycles. The molecule has 0 aliphatic carbocycles. The number of anilines is 2. The van der Waals surface area contributed by atoms with E-state index in [9.17, 15) is 37.5 Å². The van der Waals surface area contributed by atoms with Gasteiger partial charge in [-0.05, 0) is 0 Å². The molecule has 11 nitrogen and oxygen atoms in total. The Labute approximate surface area is 197 Å². The number of aliphatic hydroxyl groups excluding tert-OH is 1. The molecule has 2 heterocycles. The van der Waals surface area contributed by atoms with Crippen LogP contribution < -0.4 is 15.3 Å². The number of hydroxylamine groups is 3. The maximum Gasteiger partial charge on any atom is 0.315 e. The Morgan fingerprint density at radius 3 is 2.54 bits per heavy atom. The lowest BCUT2D eigenvalue weighted by atomic mass is 10.2. The predicted octanol–water partition coefficient (Wildman–Crippen LogP) is 0.833. The van der Waals surface area contributed by atoms with E-state index >= 15 is 0 Å². The van der Waals surface area contributed by atoms with Crippen LogP contribution >= 0.6 is 0 Å². The Morgan fingerprint density at radius 2 is 1.91 bits per heavy atom. The molecule has 0 radical (unpaired) electrons. The number of hydrogen-bond acceptors (Lipinski definition) is 9. The summed E-state index contributed by atoms with van der Waals surface area (Å²) in [6.07, 6.45) is -0.779. The van der Waals surface area contributed by atoms with E-state index in [0.717, 1.165) is 17.2 Å². The van der Waals surface area contributed by atoms with Crippen molar-refractivity contribution in [2.45, 2.75) is 12.5 Å². The number of aromatic nitrogens is 2. The van der Waals surface area contributed by atoms with Gasteiger partial charge in [0, 0.05) is 45.6 Å². The Kier molecular flexibility index (Phi) is 8.73. The number of nitrogens with zero attached hydrogens (tertiary/aromatic N) is 5. The normalized spacial score (nSPS) is 15.1. The highest BCUT2D eigenvalue weighted by atomic mass is 19.3. The van der Waals surface area contributed by atoms with Crippen LogP contribution in [0.1, 0.15) is 11.9 Å². The zero-order valence-corrected chi connectivity index (χ0v) is 18.2. The van der Waals surface area contributed by atoms with Crippen LogP contribution in [0.15, 0.2) is 30.7 Å². The molecule has 1 aliphatic rings. The molecule has 1 fully saturated rings. The van der Waals surface area contributed by atoms with E-state index in [1.54, 1.807) is 5.32 Å². The summed E-state index contributed by atoms with van der Waals surface area (Å²) in [5, 5.41) is 22.9. The standard InChI is InChI=1S/C20H22F4N6O5.H2/c21-14-7-12(29(34)11-13(31)9-27-19(32)18(23)24)8-15(22)17(14)28-3-4-30(35-6-5-28)20(33)16-10-25-1-2-26-16;/h1-2,7-8,10,13,18,31,34H,3-6,9,11H2,(H,27,32);1H/t13-;/m0./s1. The van der Waals surface area contributed by atoms with Gasteiger partial charge in [0.1, 0.15) is 11.4 Å². The van der Waals surface area contributed by atoms with Gasteiger partial charge in [-0.3, -0.25) is 29.7 Å². The average molecular weight is 504 g/mol. The monoisotopic (exact) mass is 504 g/mol. The van der Waals surface area contributed by atoms with Crippen molar-refractivity contribution in [3.8, 4) is 0 Å². The summed E-state index contributed by atoms with van der Waals surface area (Å²) >= 11 is 0. The third-order valence-corrected chi connectivity index (χ3v) is 4.90. The number of amides is 2. The van der Waals surface area contributed by atoms with Gasteiger partial charge in [0.25, 0.3) is 11.8 Å². The molecule has 2 aromatic rings. The van der Waals surface area contributed by atoms with Gasteiger partial charge in [0.15, 0.2) is 11.6 Å². The smallest absolute Gasteiger partial charge is 0.315 e. The third-order valence-electron chi connectivity index (χ3n) is 4.90. The van der Waals surface area contributed by atoms with Crippen LogP contribution in [0.2, 0.25) is 0 Å². The van der Waals surface area contributed by atoms with Crippen molar-refractivity contribution in [3.05, 3.63) is 48.1 Å². The maximum absolute atomic E-state index is 14.8. The van der Waals surface area contributed by atoms with E-state index in [-0.39, 0.29) is 39.0 Å². The number of nitrogens with one attached hydrogen (secondary N) is 1. The molecule has 3 rings (SSSR count). The molecule has 1 saturated heterocycles. The first-order valence-electron chi connectivity index (χ1n) is 10.3. The molecular weight excluding hydrogens is 480 g/mol. The van der Waals surface area contributed by atoms with Gasteiger partial charge in [0.05, 0.1) is 37.7 Å². The van der Waals surface area contributed by atoms with Crippen molar-refractivity contribution in [3.63, 3.8) is 0 Å². The van der Waals surface area contributed by atoms with Gasteiger partial charge in [0.2, 0.25) is 0 Å². The van der Waals surface area contributed by atoms with E-state index in [4.69, 9.17) is 4.84 Å². The Morgan fingerprint density at radius 1 is 1.20 bits per heavy atom. The van der Waals surface area contributed by atoms with Crippen molar-refractivity contribution >= 4 is 23.2 Å². The van der Waals surface area contributed by atoms with Crippen molar-refractivity contribution in [2.24, 2.45) is 0 Å². The fraction of sp³-hybridized carbons (Fsp3) is 0.400. The number of halogens is 4. The first-order chi connectivity index (χ1) is 16.7. The molecule has 3 N–H and O–H groups in total. The zero-order valence-electron chi connectivity index (χ0n) is 18.2.